The van der Waals surface area contributed by atoms with E-state index in [0.717, 1.165) is 16.7 Å². The average Bonchev–Trinajstić information content (AvgIpc) is 3.02. The van der Waals surface area contributed by atoms with Gasteiger partial charge in [0.25, 0.3) is 0 Å². The van der Waals surface area contributed by atoms with Gasteiger partial charge in [-0.25, -0.2) is 0 Å². The largest absolute Gasteiger partial charge is 0.497 e. The number of furan rings is 1. The van der Waals surface area contributed by atoms with E-state index in [1.165, 1.54) is 11.3 Å². The molecule has 0 atom stereocenters. The number of aryl methyl sites for hydroxylation is 1. The molecule has 0 saturated heterocycles. The molecular formula is C15H11ClO3S. The molecule has 0 spiro atoms. The second kappa shape index (κ2) is 4.96. The zero-order valence-electron chi connectivity index (χ0n) is 10.9. The molecule has 0 aliphatic carbocycles. The van der Waals surface area contributed by atoms with Gasteiger partial charge in [0.05, 0.1) is 16.3 Å². The van der Waals surface area contributed by atoms with Crippen LogP contribution in [0.2, 0.25) is 4.34 Å². The number of carbonyl (C=O) groups is 1. The van der Waals surface area contributed by atoms with E-state index in [1.54, 1.807) is 25.3 Å². The summed E-state index contributed by atoms with van der Waals surface area (Å²) in [6.45, 7) is 1.87. The average molecular weight is 307 g/mol. The molecule has 3 rings (SSSR count). The van der Waals surface area contributed by atoms with Crippen LogP contribution in [0.5, 0.6) is 5.75 Å². The molecule has 0 aliphatic heterocycles. The smallest absolute Gasteiger partial charge is 0.238 e. The number of thiophene rings is 1. The first-order valence-corrected chi connectivity index (χ1v) is 7.17. The number of rotatable bonds is 3. The number of ether oxygens (including phenoxy) is 1. The van der Waals surface area contributed by atoms with Gasteiger partial charge in [0.2, 0.25) is 5.78 Å². The minimum Gasteiger partial charge on any atom is -0.497 e. The van der Waals surface area contributed by atoms with E-state index in [4.69, 9.17) is 20.8 Å². The Kier molecular flexibility index (Phi) is 3.28. The maximum atomic E-state index is 12.4. The van der Waals surface area contributed by atoms with Crippen molar-refractivity contribution in [3.63, 3.8) is 0 Å². The molecular weight excluding hydrogens is 296 g/mol. The van der Waals surface area contributed by atoms with Crippen LogP contribution in [0.1, 0.15) is 21.0 Å². The molecule has 5 heteroatoms. The highest BCUT2D eigenvalue weighted by atomic mass is 35.5. The first-order valence-electron chi connectivity index (χ1n) is 5.97. The monoisotopic (exact) mass is 306 g/mol. The van der Waals surface area contributed by atoms with Gasteiger partial charge < -0.3 is 9.15 Å². The van der Waals surface area contributed by atoms with Crippen molar-refractivity contribution in [3.05, 3.63) is 50.9 Å². The molecule has 0 fully saturated rings. The van der Waals surface area contributed by atoms with Crippen molar-refractivity contribution in [1.82, 2.24) is 0 Å². The van der Waals surface area contributed by atoms with Crippen LogP contribution >= 0.6 is 22.9 Å². The van der Waals surface area contributed by atoms with E-state index >= 15 is 0 Å². The van der Waals surface area contributed by atoms with Crippen molar-refractivity contribution in [2.75, 3.05) is 7.11 Å². The van der Waals surface area contributed by atoms with Crippen molar-refractivity contribution in [2.45, 2.75) is 6.92 Å². The van der Waals surface area contributed by atoms with Gasteiger partial charge in [0.15, 0.2) is 5.76 Å². The van der Waals surface area contributed by atoms with Gasteiger partial charge in [-0.3, -0.25) is 4.79 Å². The second-order valence-corrected chi connectivity index (χ2v) is 6.07. The zero-order chi connectivity index (χ0) is 14.3. The lowest BCUT2D eigenvalue weighted by atomic mass is 10.1. The molecule has 0 saturated carbocycles. The minimum absolute atomic E-state index is 0.144. The van der Waals surface area contributed by atoms with Gasteiger partial charge in [-0.05, 0) is 37.3 Å². The molecule has 0 aliphatic rings. The Hall–Kier alpha value is -1.78. The molecule has 20 heavy (non-hydrogen) atoms. The van der Waals surface area contributed by atoms with E-state index in [0.29, 0.717) is 20.6 Å². The Bertz CT molecular complexity index is 801. The number of carbonyl (C=O) groups excluding carboxylic acids is 1. The number of hydrogen-bond acceptors (Lipinski definition) is 4. The number of benzene rings is 1. The third-order valence-electron chi connectivity index (χ3n) is 3.15. The van der Waals surface area contributed by atoms with Crippen LogP contribution in [0, 0.1) is 6.92 Å². The van der Waals surface area contributed by atoms with Crippen LogP contribution in [0.4, 0.5) is 0 Å². The molecule has 102 valence electrons. The predicted molar refractivity (Wildman–Crippen MR) is 80.3 cm³/mol. The minimum atomic E-state index is -0.144. The summed E-state index contributed by atoms with van der Waals surface area (Å²) in [6, 6.07) is 8.90. The number of fused-ring (bicyclic) bond motifs is 1. The van der Waals surface area contributed by atoms with Gasteiger partial charge in [0.1, 0.15) is 11.3 Å². The maximum Gasteiger partial charge on any atom is 0.238 e. The molecule has 0 unspecified atom stereocenters. The van der Waals surface area contributed by atoms with Crippen LogP contribution in [-0.4, -0.2) is 12.9 Å². The Morgan fingerprint density at radius 3 is 2.75 bits per heavy atom. The summed E-state index contributed by atoms with van der Waals surface area (Å²) in [5.74, 6) is 0.945. The number of methoxy groups -OCH3 is 1. The first-order chi connectivity index (χ1) is 9.60. The summed E-state index contributed by atoms with van der Waals surface area (Å²) >= 11 is 7.12. The highest BCUT2D eigenvalue weighted by molar-refractivity contribution is 7.18. The summed E-state index contributed by atoms with van der Waals surface area (Å²) in [6.07, 6.45) is 0. The summed E-state index contributed by atoms with van der Waals surface area (Å²) in [5, 5.41) is 0.885. The van der Waals surface area contributed by atoms with Crippen LogP contribution in [0.15, 0.2) is 34.7 Å². The van der Waals surface area contributed by atoms with E-state index in [-0.39, 0.29) is 5.78 Å². The molecule has 0 radical (unpaired) electrons. The topological polar surface area (TPSA) is 39.4 Å². The number of hydrogen-bond donors (Lipinski definition) is 0. The lowest BCUT2D eigenvalue weighted by molar-refractivity contribution is 0.101. The van der Waals surface area contributed by atoms with Crippen molar-refractivity contribution in [3.8, 4) is 5.75 Å². The van der Waals surface area contributed by atoms with Crippen LogP contribution < -0.4 is 4.74 Å². The molecule has 3 aromatic rings. The lowest BCUT2D eigenvalue weighted by Crippen LogP contribution is -1.98. The number of halogens is 1. The van der Waals surface area contributed by atoms with Gasteiger partial charge in [-0.1, -0.05) is 11.6 Å². The normalized spacial score (nSPS) is 10.9. The van der Waals surface area contributed by atoms with E-state index in [9.17, 15) is 4.79 Å². The molecule has 1 aromatic carbocycles. The predicted octanol–water partition coefficient (Wildman–Crippen LogP) is 4.70. The maximum absolute atomic E-state index is 12.4. The van der Waals surface area contributed by atoms with Crippen molar-refractivity contribution in [2.24, 2.45) is 0 Å². The van der Waals surface area contributed by atoms with Gasteiger partial charge in [0, 0.05) is 10.9 Å². The molecule has 2 aromatic heterocycles. The van der Waals surface area contributed by atoms with Gasteiger partial charge >= 0.3 is 0 Å². The summed E-state index contributed by atoms with van der Waals surface area (Å²) in [4.78, 5) is 13.0. The Morgan fingerprint density at radius 2 is 2.10 bits per heavy atom. The highest BCUT2D eigenvalue weighted by Gasteiger charge is 2.20. The molecule has 0 amide bonds. The third-order valence-corrected chi connectivity index (χ3v) is 4.38. The fraction of sp³-hybridized carbons (Fsp3) is 0.133. The van der Waals surface area contributed by atoms with Gasteiger partial charge in [-0.15, -0.1) is 11.3 Å². The van der Waals surface area contributed by atoms with Crippen molar-refractivity contribution in [1.29, 1.82) is 0 Å². The standard InChI is InChI=1S/C15H11ClO3S/c1-8-10-7-9(18-2)3-4-11(10)19-15(8)14(17)12-5-6-13(16)20-12/h3-7H,1-2H3. The second-order valence-electron chi connectivity index (χ2n) is 4.35. The quantitative estimate of drug-likeness (QED) is 0.659. The van der Waals surface area contributed by atoms with Crippen LogP contribution in [0.25, 0.3) is 11.0 Å². The van der Waals surface area contributed by atoms with Crippen LogP contribution in [0.3, 0.4) is 0 Å². The fourth-order valence-electron chi connectivity index (χ4n) is 2.09. The molecule has 0 N–H and O–H groups in total. The van der Waals surface area contributed by atoms with Crippen molar-refractivity contribution < 1.29 is 13.9 Å². The Balaban J connectivity index is 2.12. The summed E-state index contributed by atoms with van der Waals surface area (Å²) < 4.78 is 11.5. The number of ketones is 1. The fourth-order valence-corrected chi connectivity index (χ4v) is 3.07. The van der Waals surface area contributed by atoms with E-state index in [2.05, 4.69) is 0 Å². The van der Waals surface area contributed by atoms with Gasteiger partial charge in [-0.2, -0.15) is 0 Å². The van der Waals surface area contributed by atoms with Crippen LogP contribution in [-0.2, 0) is 0 Å². The SMILES string of the molecule is COc1ccc2oc(C(=O)c3ccc(Cl)s3)c(C)c2c1. The van der Waals surface area contributed by atoms with E-state index < -0.39 is 0 Å². The highest BCUT2D eigenvalue weighted by Crippen LogP contribution is 2.32. The lowest BCUT2D eigenvalue weighted by Gasteiger charge is -1.97. The molecule has 2 heterocycles. The Labute approximate surface area is 124 Å². The molecule has 0 bridgehead atoms. The molecule has 3 nitrogen and oxygen atoms in total. The van der Waals surface area contributed by atoms with Crippen molar-refractivity contribution >= 4 is 39.7 Å². The summed E-state index contributed by atoms with van der Waals surface area (Å²) in [5.41, 5.74) is 1.49. The summed E-state index contributed by atoms with van der Waals surface area (Å²) in [7, 11) is 1.61. The first kappa shape index (κ1) is 13.2. The van der Waals surface area contributed by atoms with E-state index in [1.807, 2.05) is 19.1 Å². The third kappa shape index (κ3) is 2.11. The zero-order valence-corrected chi connectivity index (χ0v) is 12.5. The Morgan fingerprint density at radius 1 is 1.30 bits per heavy atom.